The number of carboxylic acid groups (broad SMARTS) is 2. The van der Waals surface area contributed by atoms with Crippen LogP contribution in [0.3, 0.4) is 0 Å². The molecule has 1 aliphatic heterocycles. The molecule has 0 radical (unpaired) electrons. The second-order valence-corrected chi connectivity index (χ2v) is 8.60. The molecule has 0 aromatic rings. The first kappa shape index (κ1) is 29.5. The highest BCUT2D eigenvalue weighted by molar-refractivity contribution is 5.95. The molecule has 1 rings (SSSR count). The van der Waals surface area contributed by atoms with Crippen molar-refractivity contribution < 1.29 is 43.8 Å². The highest BCUT2D eigenvalue weighted by Gasteiger charge is 2.39. The smallest absolute Gasteiger partial charge is 0.305 e. The van der Waals surface area contributed by atoms with E-state index in [4.69, 9.17) is 10.2 Å². The molecule has 13 nitrogen and oxygen atoms in total. The lowest BCUT2D eigenvalue weighted by Gasteiger charge is -2.31. The second kappa shape index (κ2) is 14.0. The van der Waals surface area contributed by atoms with E-state index in [1.54, 1.807) is 6.92 Å². The molecule has 0 saturated carbocycles. The lowest BCUT2D eigenvalue weighted by molar-refractivity contribution is -0.144. The molecule has 1 heterocycles. The van der Waals surface area contributed by atoms with Crippen molar-refractivity contribution >= 4 is 41.9 Å². The Morgan fingerprint density at radius 1 is 1.06 bits per heavy atom. The number of carboxylic acids is 2. The van der Waals surface area contributed by atoms with Crippen LogP contribution in [0.2, 0.25) is 0 Å². The maximum Gasteiger partial charge on any atom is 0.305 e. The molecular formula is C22H34N4O9. The zero-order chi connectivity index (χ0) is 26.7. The Hall–Kier alpha value is -3.51. The number of nitrogens with zero attached hydrogens (tertiary/aromatic N) is 1. The average Bonchev–Trinajstić information content (AvgIpc) is 3.28. The molecule has 1 fully saturated rings. The first-order chi connectivity index (χ1) is 16.4. The van der Waals surface area contributed by atoms with Crippen LogP contribution >= 0.6 is 0 Å². The first-order valence-corrected chi connectivity index (χ1v) is 11.5. The summed E-state index contributed by atoms with van der Waals surface area (Å²) in [7, 11) is 0. The number of rotatable bonds is 14. The largest absolute Gasteiger partial charge is 0.481 e. The van der Waals surface area contributed by atoms with E-state index in [1.807, 2.05) is 6.92 Å². The summed E-state index contributed by atoms with van der Waals surface area (Å²) in [4.78, 5) is 84.8. The molecule has 196 valence electrons. The zero-order valence-electron chi connectivity index (χ0n) is 20.1. The molecule has 1 aliphatic rings. The Morgan fingerprint density at radius 3 is 2.23 bits per heavy atom. The van der Waals surface area contributed by atoms with Crippen molar-refractivity contribution in [2.24, 2.45) is 5.92 Å². The van der Waals surface area contributed by atoms with Gasteiger partial charge in [-0.3, -0.25) is 28.8 Å². The lowest BCUT2D eigenvalue weighted by Crippen LogP contribution is -2.58. The number of likely N-dealkylation sites (tertiary alicyclic amines) is 1. The van der Waals surface area contributed by atoms with Gasteiger partial charge in [-0.2, -0.15) is 0 Å². The van der Waals surface area contributed by atoms with Crippen LogP contribution in [0.5, 0.6) is 0 Å². The monoisotopic (exact) mass is 498 g/mol. The highest BCUT2D eigenvalue weighted by atomic mass is 16.4. The van der Waals surface area contributed by atoms with E-state index in [2.05, 4.69) is 16.0 Å². The van der Waals surface area contributed by atoms with Gasteiger partial charge in [-0.25, -0.2) is 0 Å². The van der Waals surface area contributed by atoms with E-state index < -0.39 is 72.6 Å². The molecule has 0 spiro atoms. The van der Waals surface area contributed by atoms with E-state index in [-0.39, 0.29) is 25.3 Å². The summed E-state index contributed by atoms with van der Waals surface area (Å²) in [6.07, 6.45) is 0.240. The van der Waals surface area contributed by atoms with Gasteiger partial charge in [-0.05, 0) is 25.2 Å². The summed E-state index contributed by atoms with van der Waals surface area (Å²) in [5, 5.41) is 25.3. The minimum absolute atomic E-state index is 0.154. The third kappa shape index (κ3) is 9.33. The van der Waals surface area contributed by atoms with Crippen LogP contribution in [0, 0.1) is 5.92 Å². The van der Waals surface area contributed by atoms with E-state index >= 15 is 0 Å². The number of amides is 4. The van der Waals surface area contributed by atoms with Crippen LogP contribution in [0.15, 0.2) is 0 Å². The summed E-state index contributed by atoms with van der Waals surface area (Å²) in [5.74, 6) is -5.22. The second-order valence-electron chi connectivity index (χ2n) is 8.60. The number of aldehydes is 1. The summed E-state index contributed by atoms with van der Waals surface area (Å²) >= 11 is 0. The number of carbonyl (C=O) groups is 7. The van der Waals surface area contributed by atoms with Gasteiger partial charge in [0.15, 0.2) is 0 Å². The van der Waals surface area contributed by atoms with E-state index in [9.17, 15) is 33.6 Å². The Bertz CT molecular complexity index is 832. The van der Waals surface area contributed by atoms with Crippen molar-refractivity contribution in [1.29, 1.82) is 0 Å². The predicted octanol–water partition coefficient (Wildman–Crippen LogP) is -0.964. The number of carbonyl (C=O) groups excluding carboxylic acids is 5. The van der Waals surface area contributed by atoms with Gasteiger partial charge in [-0.1, -0.05) is 20.3 Å². The molecule has 1 saturated heterocycles. The van der Waals surface area contributed by atoms with Crippen LogP contribution in [-0.4, -0.2) is 87.7 Å². The summed E-state index contributed by atoms with van der Waals surface area (Å²) in [5.41, 5.74) is 0. The molecule has 0 aliphatic carbocycles. The molecule has 0 unspecified atom stereocenters. The minimum Gasteiger partial charge on any atom is -0.481 e. The first-order valence-electron chi connectivity index (χ1n) is 11.5. The van der Waals surface area contributed by atoms with Gasteiger partial charge in [0, 0.05) is 19.9 Å². The Labute approximate surface area is 203 Å². The van der Waals surface area contributed by atoms with Gasteiger partial charge in [0.05, 0.1) is 12.5 Å². The molecule has 13 heteroatoms. The van der Waals surface area contributed by atoms with Crippen molar-refractivity contribution in [3.63, 3.8) is 0 Å². The van der Waals surface area contributed by atoms with Crippen LogP contribution in [-0.2, 0) is 33.6 Å². The molecule has 0 bridgehead atoms. The van der Waals surface area contributed by atoms with Gasteiger partial charge in [0.25, 0.3) is 0 Å². The number of hydrogen-bond acceptors (Lipinski definition) is 7. The minimum atomic E-state index is -1.28. The SMILES string of the molecule is CC[C@H](C)[C@H](NC(C)=O)C(=O)N[C@@H](CCC(=O)O)C(=O)N1CCC[C@H]1C(=O)N[C@H](C=O)CC(=O)O. The molecule has 35 heavy (non-hydrogen) atoms. The lowest BCUT2D eigenvalue weighted by atomic mass is 9.97. The van der Waals surface area contributed by atoms with Gasteiger partial charge in [-0.15, -0.1) is 0 Å². The van der Waals surface area contributed by atoms with Crippen LogP contribution in [0.25, 0.3) is 0 Å². The van der Waals surface area contributed by atoms with Crippen LogP contribution in [0.1, 0.15) is 59.3 Å². The van der Waals surface area contributed by atoms with E-state index in [0.717, 1.165) is 0 Å². The van der Waals surface area contributed by atoms with Gasteiger partial charge < -0.3 is 35.9 Å². The summed E-state index contributed by atoms with van der Waals surface area (Å²) < 4.78 is 0. The quantitative estimate of drug-likeness (QED) is 0.187. The van der Waals surface area contributed by atoms with E-state index in [0.29, 0.717) is 19.1 Å². The van der Waals surface area contributed by atoms with E-state index in [1.165, 1.54) is 11.8 Å². The number of aliphatic carboxylic acids is 2. The number of nitrogens with one attached hydrogen (secondary N) is 3. The predicted molar refractivity (Wildman–Crippen MR) is 121 cm³/mol. The Kier molecular flexibility index (Phi) is 11.8. The van der Waals surface area contributed by atoms with Gasteiger partial charge >= 0.3 is 11.9 Å². The van der Waals surface area contributed by atoms with Gasteiger partial charge in [0.1, 0.15) is 24.4 Å². The maximum atomic E-state index is 13.3. The Morgan fingerprint density at radius 2 is 1.71 bits per heavy atom. The normalized spacial score (nSPS) is 18.5. The standard InChI is InChI=1S/C22H34N4O9/c1-4-12(2)19(23-13(3)28)21(34)25-15(7-8-17(29)30)22(35)26-9-5-6-16(26)20(33)24-14(11-27)10-18(31)32/h11-12,14-16,19H,4-10H2,1-3H3,(H,23,28)(H,24,33)(H,25,34)(H,29,30)(H,31,32)/t12-,14-,15-,16-,19-/m0/s1. The fourth-order valence-electron chi connectivity index (χ4n) is 3.81. The van der Waals surface area contributed by atoms with Crippen molar-refractivity contribution in [1.82, 2.24) is 20.9 Å². The van der Waals surface area contributed by atoms with Crippen LogP contribution < -0.4 is 16.0 Å². The van der Waals surface area contributed by atoms with Gasteiger partial charge in [0.2, 0.25) is 23.6 Å². The van der Waals surface area contributed by atoms with Crippen molar-refractivity contribution in [3.8, 4) is 0 Å². The van der Waals surface area contributed by atoms with Crippen molar-refractivity contribution in [3.05, 3.63) is 0 Å². The number of hydrogen-bond donors (Lipinski definition) is 5. The fraction of sp³-hybridized carbons (Fsp3) is 0.682. The fourth-order valence-corrected chi connectivity index (χ4v) is 3.81. The van der Waals surface area contributed by atoms with Crippen molar-refractivity contribution in [2.75, 3.05) is 6.54 Å². The molecule has 5 atom stereocenters. The molecule has 0 aromatic carbocycles. The summed E-state index contributed by atoms with van der Waals surface area (Å²) in [6, 6.07) is -4.49. The highest BCUT2D eigenvalue weighted by Crippen LogP contribution is 2.20. The molecule has 5 N–H and O–H groups in total. The average molecular weight is 499 g/mol. The zero-order valence-corrected chi connectivity index (χ0v) is 20.1. The molecular weight excluding hydrogens is 464 g/mol. The third-order valence-electron chi connectivity index (χ3n) is 5.84. The summed E-state index contributed by atoms with van der Waals surface area (Å²) in [6.45, 7) is 4.97. The third-order valence-corrected chi connectivity index (χ3v) is 5.84. The molecule has 0 aromatic heterocycles. The molecule has 4 amide bonds. The Balaban J connectivity index is 3.07. The van der Waals surface area contributed by atoms with Crippen LogP contribution in [0.4, 0.5) is 0 Å². The van der Waals surface area contributed by atoms with Crippen molar-refractivity contribution in [2.45, 2.75) is 83.5 Å². The topological polar surface area (TPSA) is 199 Å². The maximum absolute atomic E-state index is 13.3.